The normalized spacial score (nSPS) is 10.0. The summed E-state index contributed by atoms with van der Waals surface area (Å²) in [6.45, 7) is 1.87. The molecule has 0 fully saturated rings. The van der Waals surface area contributed by atoms with Gasteiger partial charge in [-0.1, -0.05) is 42.0 Å². The average Bonchev–Trinajstić information content (AvgIpc) is 2.55. The Bertz CT molecular complexity index is 725. The second kappa shape index (κ2) is 7.31. The maximum Gasteiger partial charge on any atom is 0.310 e. The number of amides is 2. The highest BCUT2D eigenvalue weighted by molar-refractivity contribution is 6.42. The average molecular weight is 314 g/mol. The fraction of sp³-hybridized carbons (Fsp3) is 0.118. The molecule has 0 saturated carbocycles. The molecule has 0 bridgehead atoms. The summed E-state index contributed by atoms with van der Waals surface area (Å²) in [6.07, 6.45) is -0.0424. The predicted octanol–water partition coefficient (Wildman–Crippen LogP) is 1.71. The number of hydrogen-bond acceptors (Lipinski definition) is 3. The van der Waals surface area contributed by atoms with Crippen molar-refractivity contribution in [3.63, 3.8) is 0 Å². The van der Waals surface area contributed by atoms with E-state index in [1.807, 2.05) is 6.92 Å². The first-order valence-corrected chi connectivity index (χ1v) is 6.90. The number of aryl methyl sites for hydroxylation is 1. The van der Waals surface area contributed by atoms with Crippen molar-refractivity contribution in [1.29, 1.82) is 0 Å². The molecule has 0 unspecified atom stereocenters. The number of Topliss-reactive ketones (excluding diaryl/α,β-unsaturated/α-hetero) is 1. The minimum atomic E-state index is -0.929. The van der Waals surface area contributed by atoms with Crippen LogP contribution in [0, 0.1) is 12.7 Å². The lowest BCUT2D eigenvalue weighted by Crippen LogP contribution is -2.45. The lowest BCUT2D eigenvalue weighted by Gasteiger charge is -2.07. The van der Waals surface area contributed by atoms with Gasteiger partial charge in [-0.15, -0.1) is 0 Å². The molecule has 0 heterocycles. The summed E-state index contributed by atoms with van der Waals surface area (Å²) in [6, 6.07) is 11.9. The van der Waals surface area contributed by atoms with Crippen molar-refractivity contribution in [2.45, 2.75) is 13.3 Å². The van der Waals surface area contributed by atoms with Crippen molar-refractivity contribution in [2.24, 2.45) is 0 Å². The largest absolute Gasteiger partial charge is 0.310 e. The van der Waals surface area contributed by atoms with Crippen LogP contribution in [-0.4, -0.2) is 17.6 Å². The van der Waals surface area contributed by atoms with Crippen LogP contribution in [0.2, 0.25) is 0 Å². The summed E-state index contributed by atoms with van der Waals surface area (Å²) in [5.74, 6) is -2.58. The Morgan fingerprint density at radius 2 is 1.52 bits per heavy atom. The van der Waals surface area contributed by atoms with E-state index < -0.39 is 23.4 Å². The number of hydrogen-bond donors (Lipinski definition) is 2. The van der Waals surface area contributed by atoms with Crippen LogP contribution in [0.1, 0.15) is 21.5 Å². The first-order chi connectivity index (χ1) is 11.0. The molecule has 0 aliphatic rings. The highest BCUT2D eigenvalue weighted by Gasteiger charge is 2.16. The molecule has 2 amide bonds. The number of benzene rings is 2. The zero-order valence-corrected chi connectivity index (χ0v) is 12.4. The third-order valence-electron chi connectivity index (χ3n) is 3.11. The molecule has 2 N–H and O–H groups in total. The smallest absolute Gasteiger partial charge is 0.283 e. The quantitative estimate of drug-likeness (QED) is 0.512. The highest BCUT2D eigenvalue weighted by Crippen LogP contribution is 2.04. The van der Waals surface area contributed by atoms with Crippen molar-refractivity contribution in [1.82, 2.24) is 10.9 Å². The van der Waals surface area contributed by atoms with E-state index in [-0.39, 0.29) is 12.0 Å². The minimum Gasteiger partial charge on any atom is -0.283 e. The van der Waals surface area contributed by atoms with Crippen molar-refractivity contribution in [3.05, 3.63) is 71.0 Å². The Labute approximate surface area is 132 Å². The Balaban J connectivity index is 1.85. The number of halogens is 1. The number of carbonyl (C=O) groups is 3. The van der Waals surface area contributed by atoms with Crippen LogP contribution in [0.15, 0.2) is 48.5 Å². The molecule has 2 aromatic rings. The molecule has 23 heavy (non-hydrogen) atoms. The van der Waals surface area contributed by atoms with Crippen molar-refractivity contribution in [3.8, 4) is 0 Å². The molecule has 0 spiro atoms. The van der Waals surface area contributed by atoms with Gasteiger partial charge >= 0.3 is 5.91 Å². The second-order valence-electron chi connectivity index (χ2n) is 5.00. The van der Waals surface area contributed by atoms with E-state index in [2.05, 4.69) is 10.9 Å². The monoisotopic (exact) mass is 314 g/mol. The zero-order chi connectivity index (χ0) is 16.8. The van der Waals surface area contributed by atoms with Crippen LogP contribution in [0.25, 0.3) is 0 Å². The van der Waals surface area contributed by atoms with Gasteiger partial charge in [0, 0.05) is 5.56 Å². The first-order valence-electron chi connectivity index (χ1n) is 6.90. The number of ketones is 1. The van der Waals surface area contributed by atoms with Crippen molar-refractivity contribution >= 4 is 17.6 Å². The van der Waals surface area contributed by atoms with Gasteiger partial charge in [-0.25, -0.2) is 4.39 Å². The summed E-state index contributed by atoms with van der Waals surface area (Å²) in [7, 11) is 0. The van der Waals surface area contributed by atoms with Gasteiger partial charge < -0.3 is 0 Å². The Morgan fingerprint density at radius 1 is 0.913 bits per heavy atom. The number of hydrazine groups is 1. The number of carbonyl (C=O) groups excluding carboxylic acids is 3. The molecule has 118 valence electrons. The lowest BCUT2D eigenvalue weighted by atomic mass is 10.1. The van der Waals surface area contributed by atoms with Gasteiger partial charge in [-0.3, -0.25) is 25.2 Å². The molecule has 0 aliphatic carbocycles. The SMILES string of the molecule is Cc1ccc(C(=O)C(=O)NNC(=O)Cc2ccc(F)cc2)cc1. The molecule has 6 heteroatoms. The van der Waals surface area contributed by atoms with Crippen LogP contribution in [-0.2, 0) is 16.0 Å². The van der Waals surface area contributed by atoms with Crippen LogP contribution >= 0.6 is 0 Å². The summed E-state index contributed by atoms with van der Waals surface area (Å²) in [4.78, 5) is 35.2. The Hall–Kier alpha value is -3.02. The molecule has 0 aromatic heterocycles. The van der Waals surface area contributed by atoms with Gasteiger partial charge in [0.2, 0.25) is 5.91 Å². The van der Waals surface area contributed by atoms with Crippen LogP contribution in [0.3, 0.4) is 0 Å². The number of nitrogens with one attached hydrogen (secondary N) is 2. The summed E-state index contributed by atoms with van der Waals surface area (Å²) >= 11 is 0. The fourth-order valence-electron chi connectivity index (χ4n) is 1.85. The highest BCUT2D eigenvalue weighted by atomic mass is 19.1. The third kappa shape index (κ3) is 4.74. The van der Waals surface area contributed by atoms with E-state index in [1.165, 1.54) is 36.4 Å². The van der Waals surface area contributed by atoms with Gasteiger partial charge in [0.05, 0.1) is 6.42 Å². The maximum atomic E-state index is 12.8. The minimum absolute atomic E-state index is 0.0424. The van der Waals surface area contributed by atoms with Gasteiger partial charge in [0.25, 0.3) is 5.78 Å². The molecule has 0 saturated heterocycles. The van der Waals surface area contributed by atoms with Crippen molar-refractivity contribution in [2.75, 3.05) is 0 Å². The molecular weight excluding hydrogens is 299 g/mol. The molecule has 0 radical (unpaired) electrons. The van der Waals surface area contributed by atoms with Crippen molar-refractivity contribution < 1.29 is 18.8 Å². The first kappa shape index (κ1) is 16.4. The third-order valence-corrected chi connectivity index (χ3v) is 3.11. The topological polar surface area (TPSA) is 75.3 Å². The Kier molecular flexibility index (Phi) is 5.19. The predicted molar refractivity (Wildman–Crippen MR) is 81.9 cm³/mol. The molecule has 0 atom stereocenters. The van der Waals surface area contributed by atoms with Gasteiger partial charge in [-0.2, -0.15) is 0 Å². The van der Waals surface area contributed by atoms with E-state index >= 15 is 0 Å². The Morgan fingerprint density at radius 3 is 2.13 bits per heavy atom. The molecule has 5 nitrogen and oxygen atoms in total. The second-order valence-corrected chi connectivity index (χ2v) is 5.00. The summed E-state index contributed by atoms with van der Waals surface area (Å²) < 4.78 is 12.8. The van der Waals surface area contributed by atoms with E-state index in [0.717, 1.165) is 5.56 Å². The number of rotatable bonds is 4. The standard InChI is InChI=1S/C17H15FN2O3/c1-11-2-6-13(7-3-11)16(22)17(23)20-19-15(21)10-12-4-8-14(18)9-5-12/h2-9H,10H2,1H3,(H,19,21)(H,20,23). The summed E-state index contributed by atoms with van der Waals surface area (Å²) in [5, 5.41) is 0. The molecule has 2 aromatic carbocycles. The fourth-order valence-corrected chi connectivity index (χ4v) is 1.85. The van der Waals surface area contributed by atoms with Gasteiger partial charge in [0.1, 0.15) is 5.82 Å². The van der Waals surface area contributed by atoms with Gasteiger partial charge in [0.15, 0.2) is 0 Å². The zero-order valence-electron chi connectivity index (χ0n) is 12.4. The van der Waals surface area contributed by atoms with E-state index in [0.29, 0.717) is 5.56 Å². The molecular formula is C17H15FN2O3. The van der Waals surface area contributed by atoms with E-state index in [1.54, 1.807) is 12.1 Å². The van der Waals surface area contributed by atoms with Crippen LogP contribution in [0.5, 0.6) is 0 Å². The lowest BCUT2D eigenvalue weighted by molar-refractivity contribution is -0.126. The van der Waals surface area contributed by atoms with E-state index in [4.69, 9.17) is 0 Å². The molecule has 0 aliphatic heterocycles. The van der Waals surface area contributed by atoms with Crippen LogP contribution in [0.4, 0.5) is 4.39 Å². The molecule has 2 rings (SSSR count). The van der Waals surface area contributed by atoms with Gasteiger partial charge in [-0.05, 0) is 24.6 Å². The summed E-state index contributed by atoms with van der Waals surface area (Å²) in [5.41, 5.74) is 6.01. The maximum absolute atomic E-state index is 12.8. The van der Waals surface area contributed by atoms with Crippen LogP contribution < -0.4 is 10.9 Å². The van der Waals surface area contributed by atoms with E-state index in [9.17, 15) is 18.8 Å².